The van der Waals surface area contributed by atoms with E-state index in [0.29, 0.717) is 5.56 Å². The molecule has 0 aromatic heterocycles. The summed E-state index contributed by atoms with van der Waals surface area (Å²) in [6.07, 6.45) is 0. The van der Waals surface area contributed by atoms with Crippen molar-refractivity contribution in [1.29, 1.82) is 0 Å². The lowest BCUT2D eigenvalue weighted by Gasteiger charge is -2.01. The molecule has 0 bridgehead atoms. The Hall–Kier alpha value is -1.31. The minimum Gasteiger partial charge on any atom is -0.507 e. The summed E-state index contributed by atoms with van der Waals surface area (Å²) < 4.78 is 0. The first-order chi connectivity index (χ1) is 5.13. The number of rotatable bonds is 1. The van der Waals surface area contributed by atoms with Gasteiger partial charge in [-0.05, 0) is 25.5 Å². The van der Waals surface area contributed by atoms with E-state index >= 15 is 0 Å². The Morgan fingerprint density at radius 2 is 2.09 bits per heavy atom. The number of phenols is 1. The highest BCUT2D eigenvalue weighted by Gasteiger charge is 2.06. The zero-order valence-corrected chi connectivity index (χ0v) is 6.59. The summed E-state index contributed by atoms with van der Waals surface area (Å²) in [5, 5.41) is 9.35. The van der Waals surface area contributed by atoms with Gasteiger partial charge in [-0.2, -0.15) is 0 Å². The molecule has 0 amide bonds. The van der Waals surface area contributed by atoms with Crippen molar-refractivity contribution in [1.82, 2.24) is 0 Å². The highest BCUT2D eigenvalue weighted by molar-refractivity contribution is 5.97. The summed E-state index contributed by atoms with van der Waals surface area (Å²) in [7, 11) is 0. The molecule has 0 aliphatic carbocycles. The number of carbonyl (C=O) groups excluding carboxylic acids is 1. The molecule has 1 rings (SSSR count). The van der Waals surface area contributed by atoms with Crippen LogP contribution in [0.4, 0.5) is 0 Å². The molecule has 0 radical (unpaired) electrons. The van der Waals surface area contributed by atoms with E-state index in [0.717, 1.165) is 5.56 Å². The van der Waals surface area contributed by atoms with Crippen molar-refractivity contribution in [2.24, 2.45) is 0 Å². The van der Waals surface area contributed by atoms with Crippen LogP contribution in [0.2, 0.25) is 0 Å². The number of aryl methyl sites for hydroxylation is 1. The van der Waals surface area contributed by atoms with Gasteiger partial charge in [0.15, 0.2) is 5.78 Å². The van der Waals surface area contributed by atoms with E-state index in [2.05, 4.69) is 0 Å². The van der Waals surface area contributed by atoms with Crippen LogP contribution in [0.1, 0.15) is 22.8 Å². The molecule has 0 saturated carbocycles. The summed E-state index contributed by atoms with van der Waals surface area (Å²) in [4.78, 5) is 10.9. The van der Waals surface area contributed by atoms with Crippen molar-refractivity contribution in [3.8, 4) is 5.75 Å². The average molecular weight is 150 g/mol. The Kier molecular flexibility index (Phi) is 1.94. The molecule has 0 spiro atoms. The maximum absolute atomic E-state index is 10.9. The van der Waals surface area contributed by atoms with Crippen LogP contribution in [0.25, 0.3) is 0 Å². The second-order valence-corrected chi connectivity index (χ2v) is 2.53. The first kappa shape index (κ1) is 7.79. The van der Waals surface area contributed by atoms with Crippen LogP contribution in [0, 0.1) is 6.92 Å². The summed E-state index contributed by atoms with van der Waals surface area (Å²) in [6.45, 7) is 3.20. The molecule has 0 aliphatic heterocycles. The summed E-state index contributed by atoms with van der Waals surface area (Å²) in [5.41, 5.74) is 1.13. The van der Waals surface area contributed by atoms with Gasteiger partial charge in [-0.1, -0.05) is 12.1 Å². The van der Waals surface area contributed by atoms with Crippen LogP contribution in [0.15, 0.2) is 18.2 Å². The van der Waals surface area contributed by atoms with Crippen LogP contribution >= 0.6 is 0 Å². The SMILES string of the molecule is CC(=O)c1cccc(C)c1O. The molecule has 2 heteroatoms. The van der Waals surface area contributed by atoms with Crippen LogP contribution in [-0.4, -0.2) is 10.9 Å². The van der Waals surface area contributed by atoms with E-state index in [1.54, 1.807) is 25.1 Å². The summed E-state index contributed by atoms with van der Waals surface area (Å²) in [5.74, 6) is -0.00815. The van der Waals surface area contributed by atoms with Crippen molar-refractivity contribution >= 4 is 5.78 Å². The molecule has 0 unspecified atom stereocenters. The highest BCUT2D eigenvalue weighted by Crippen LogP contribution is 2.21. The minimum absolute atomic E-state index is 0.0972. The maximum Gasteiger partial charge on any atom is 0.163 e. The van der Waals surface area contributed by atoms with Gasteiger partial charge in [0.05, 0.1) is 5.56 Å². The number of phenolic OH excluding ortho intramolecular Hbond substituents is 1. The van der Waals surface area contributed by atoms with Crippen LogP contribution < -0.4 is 0 Å². The molecule has 0 atom stereocenters. The van der Waals surface area contributed by atoms with Gasteiger partial charge in [0.1, 0.15) is 5.75 Å². The molecule has 2 nitrogen and oxygen atoms in total. The fourth-order valence-corrected chi connectivity index (χ4v) is 0.943. The number of benzene rings is 1. The second-order valence-electron chi connectivity index (χ2n) is 2.53. The predicted octanol–water partition coefficient (Wildman–Crippen LogP) is 1.90. The molecule has 1 aromatic rings. The number of hydrogen-bond acceptors (Lipinski definition) is 2. The maximum atomic E-state index is 10.9. The van der Waals surface area contributed by atoms with E-state index in [1.165, 1.54) is 6.92 Å². The molecule has 0 fully saturated rings. The molecule has 0 heterocycles. The molecule has 58 valence electrons. The fourth-order valence-electron chi connectivity index (χ4n) is 0.943. The molecule has 0 saturated heterocycles. The van der Waals surface area contributed by atoms with Crippen LogP contribution in [-0.2, 0) is 0 Å². The van der Waals surface area contributed by atoms with E-state index < -0.39 is 0 Å². The lowest BCUT2D eigenvalue weighted by molar-refractivity contribution is 0.101. The quantitative estimate of drug-likeness (QED) is 0.621. The molecule has 1 aromatic carbocycles. The number of carbonyl (C=O) groups is 1. The lowest BCUT2D eigenvalue weighted by atomic mass is 10.1. The number of hydrogen-bond donors (Lipinski definition) is 1. The number of Topliss-reactive ketones (excluding diaryl/α,β-unsaturated/α-hetero) is 1. The second kappa shape index (κ2) is 2.74. The van der Waals surface area contributed by atoms with Crippen LogP contribution in [0.5, 0.6) is 5.75 Å². The zero-order chi connectivity index (χ0) is 8.43. The zero-order valence-electron chi connectivity index (χ0n) is 6.59. The Labute approximate surface area is 65.5 Å². The largest absolute Gasteiger partial charge is 0.507 e. The Morgan fingerprint density at radius 1 is 1.45 bits per heavy atom. The van der Waals surface area contributed by atoms with Gasteiger partial charge in [0, 0.05) is 0 Å². The monoisotopic (exact) mass is 150 g/mol. The minimum atomic E-state index is -0.105. The first-order valence-corrected chi connectivity index (χ1v) is 3.42. The van der Waals surface area contributed by atoms with Gasteiger partial charge in [-0.3, -0.25) is 4.79 Å². The number of ketones is 1. The van der Waals surface area contributed by atoms with E-state index in [-0.39, 0.29) is 11.5 Å². The van der Waals surface area contributed by atoms with Gasteiger partial charge < -0.3 is 5.11 Å². The number of para-hydroxylation sites is 1. The summed E-state index contributed by atoms with van der Waals surface area (Å²) in [6, 6.07) is 5.14. The Bertz CT molecular complexity index is 290. The van der Waals surface area contributed by atoms with Gasteiger partial charge in [-0.15, -0.1) is 0 Å². The lowest BCUT2D eigenvalue weighted by Crippen LogP contribution is -1.93. The molecule has 11 heavy (non-hydrogen) atoms. The van der Waals surface area contributed by atoms with E-state index in [4.69, 9.17) is 0 Å². The van der Waals surface area contributed by atoms with Gasteiger partial charge in [0.25, 0.3) is 0 Å². The van der Waals surface area contributed by atoms with Gasteiger partial charge in [-0.25, -0.2) is 0 Å². The predicted molar refractivity (Wildman–Crippen MR) is 42.8 cm³/mol. The van der Waals surface area contributed by atoms with Crippen molar-refractivity contribution in [3.63, 3.8) is 0 Å². The molecular formula is C9H10O2. The third-order valence-corrected chi connectivity index (χ3v) is 1.62. The highest BCUT2D eigenvalue weighted by atomic mass is 16.3. The standard InChI is InChI=1S/C9H10O2/c1-6-4-3-5-8(7(2)10)9(6)11/h3-5,11H,1-2H3. The normalized spacial score (nSPS) is 9.64. The molecular weight excluding hydrogens is 140 g/mol. The van der Waals surface area contributed by atoms with E-state index in [9.17, 15) is 9.90 Å². The Balaban J connectivity index is 3.27. The van der Waals surface area contributed by atoms with Crippen molar-refractivity contribution in [2.75, 3.05) is 0 Å². The van der Waals surface area contributed by atoms with Gasteiger partial charge in [0.2, 0.25) is 0 Å². The molecule has 0 aliphatic rings. The van der Waals surface area contributed by atoms with E-state index in [1.807, 2.05) is 0 Å². The fraction of sp³-hybridized carbons (Fsp3) is 0.222. The average Bonchev–Trinajstić information content (AvgIpc) is 1.94. The number of aromatic hydroxyl groups is 1. The van der Waals surface area contributed by atoms with Crippen molar-refractivity contribution in [3.05, 3.63) is 29.3 Å². The topological polar surface area (TPSA) is 37.3 Å². The van der Waals surface area contributed by atoms with Crippen molar-refractivity contribution in [2.45, 2.75) is 13.8 Å². The third kappa shape index (κ3) is 1.40. The van der Waals surface area contributed by atoms with Crippen LogP contribution in [0.3, 0.4) is 0 Å². The Morgan fingerprint density at radius 3 is 2.55 bits per heavy atom. The van der Waals surface area contributed by atoms with Gasteiger partial charge >= 0.3 is 0 Å². The third-order valence-electron chi connectivity index (χ3n) is 1.62. The smallest absolute Gasteiger partial charge is 0.163 e. The van der Waals surface area contributed by atoms with Crippen molar-refractivity contribution < 1.29 is 9.90 Å². The first-order valence-electron chi connectivity index (χ1n) is 3.42. The summed E-state index contributed by atoms with van der Waals surface area (Å²) >= 11 is 0. The molecule has 1 N–H and O–H groups in total.